The van der Waals surface area contributed by atoms with E-state index in [0.717, 1.165) is 12.8 Å². The van der Waals surface area contributed by atoms with Crippen molar-refractivity contribution in [2.75, 3.05) is 6.54 Å². The Balaban J connectivity index is 2.27. The molecule has 2 rings (SSSR count). The average molecular weight is 281 g/mol. The zero-order chi connectivity index (χ0) is 15.0. The summed E-state index contributed by atoms with van der Waals surface area (Å²) in [7, 11) is 0. The number of fused-ring (bicyclic) bond motifs is 1. The molecule has 2 aliphatic rings. The maximum atomic E-state index is 12.4. The quantitative estimate of drug-likeness (QED) is 0.750. The second-order valence-corrected chi connectivity index (χ2v) is 6.68. The number of carbonyl (C=O) groups is 2. The first-order chi connectivity index (χ1) is 9.26. The lowest BCUT2D eigenvalue weighted by atomic mass is 9.79. The maximum Gasteiger partial charge on any atom is 0.410 e. The van der Waals surface area contributed by atoms with Crippen molar-refractivity contribution in [3.63, 3.8) is 0 Å². The van der Waals surface area contributed by atoms with Crippen molar-refractivity contribution >= 4 is 12.1 Å². The minimum absolute atomic E-state index is 0.273. The lowest BCUT2D eigenvalue weighted by Crippen LogP contribution is -2.51. The zero-order valence-electron chi connectivity index (χ0n) is 12.4. The van der Waals surface area contributed by atoms with E-state index in [-0.39, 0.29) is 6.04 Å². The van der Waals surface area contributed by atoms with Gasteiger partial charge in [0, 0.05) is 6.54 Å². The lowest BCUT2D eigenvalue weighted by molar-refractivity contribution is -0.151. The van der Waals surface area contributed by atoms with Crippen LogP contribution in [-0.4, -0.2) is 40.3 Å². The van der Waals surface area contributed by atoms with Gasteiger partial charge in [0.1, 0.15) is 5.60 Å². The number of amides is 1. The van der Waals surface area contributed by atoms with Gasteiger partial charge in [0.05, 0.1) is 11.5 Å². The summed E-state index contributed by atoms with van der Waals surface area (Å²) in [5, 5.41) is 9.64. The Morgan fingerprint density at radius 2 is 2.05 bits per heavy atom. The molecule has 0 saturated heterocycles. The van der Waals surface area contributed by atoms with Crippen molar-refractivity contribution < 1.29 is 19.4 Å². The third-order valence-electron chi connectivity index (χ3n) is 4.12. The van der Waals surface area contributed by atoms with Crippen molar-refractivity contribution in [3.05, 3.63) is 12.2 Å². The predicted molar refractivity (Wildman–Crippen MR) is 74.4 cm³/mol. The van der Waals surface area contributed by atoms with Crippen LogP contribution >= 0.6 is 0 Å². The molecular formula is C15H23NO4. The molecular weight excluding hydrogens is 258 g/mol. The Morgan fingerprint density at radius 1 is 1.35 bits per heavy atom. The number of allylic oxidation sites excluding steroid dienone is 1. The van der Waals surface area contributed by atoms with Crippen LogP contribution in [0.1, 0.15) is 46.5 Å². The Kier molecular flexibility index (Phi) is 3.80. The van der Waals surface area contributed by atoms with Crippen molar-refractivity contribution in [2.24, 2.45) is 5.41 Å². The predicted octanol–water partition coefficient (Wildman–Crippen LogP) is 2.81. The third kappa shape index (κ3) is 2.67. The molecule has 2 atom stereocenters. The molecule has 0 aromatic heterocycles. The Labute approximate surface area is 119 Å². The second kappa shape index (κ2) is 5.11. The van der Waals surface area contributed by atoms with E-state index >= 15 is 0 Å². The average Bonchev–Trinajstić information content (AvgIpc) is 2.63. The minimum atomic E-state index is -0.843. The molecule has 1 saturated carbocycles. The number of carbonyl (C=O) groups excluding carboxylic acids is 1. The van der Waals surface area contributed by atoms with Gasteiger partial charge in [-0.05, 0) is 40.0 Å². The van der Waals surface area contributed by atoms with Gasteiger partial charge in [0.25, 0.3) is 0 Å². The van der Waals surface area contributed by atoms with E-state index in [1.807, 2.05) is 32.9 Å². The molecule has 0 aromatic rings. The summed E-state index contributed by atoms with van der Waals surface area (Å²) < 4.78 is 5.43. The van der Waals surface area contributed by atoms with Crippen molar-refractivity contribution in [3.8, 4) is 0 Å². The molecule has 20 heavy (non-hydrogen) atoms. The van der Waals surface area contributed by atoms with Crippen LogP contribution in [0, 0.1) is 5.41 Å². The van der Waals surface area contributed by atoms with Crippen molar-refractivity contribution in [1.29, 1.82) is 0 Å². The van der Waals surface area contributed by atoms with Gasteiger partial charge < -0.3 is 14.7 Å². The van der Waals surface area contributed by atoms with Gasteiger partial charge in [-0.2, -0.15) is 0 Å². The van der Waals surface area contributed by atoms with Crippen molar-refractivity contribution in [1.82, 2.24) is 4.90 Å². The summed E-state index contributed by atoms with van der Waals surface area (Å²) in [6.07, 6.45) is 6.02. The van der Waals surface area contributed by atoms with E-state index in [1.165, 1.54) is 0 Å². The molecule has 112 valence electrons. The van der Waals surface area contributed by atoms with Gasteiger partial charge in [-0.15, -0.1) is 0 Å². The van der Waals surface area contributed by atoms with E-state index < -0.39 is 23.1 Å². The van der Waals surface area contributed by atoms with Crippen LogP contribution in [0.2, 0.25) is 0 Å². The second-order valence-electron chi connectivity index (χ2n) is 6.68. The number of hydrogen-bond acceptors (Lipinski definition) is 3. The molecule has 0 spiro atoms. The summed E-state index contributed by atoms with van der Waals surface area (Å²) in [6, 6.07) is -0.273. The summed E-state index contributed by atoms with van der Waals surface area (Å²) in [4.78, 5) is 25.7. The van der Waals surface area contributed by atoms with Gasteiger partial charge in [-0.1, -0.05) is 18.6 Å². The van der Waals surface area contributed by atoms with Crippen LogP contribution in [0.25, 0.3) is 0 Å². The zero-order valence-corrected chi connectivity index (χ0v) is 12.4. The van der Waals surface area contributed by atoms with Crippen LogP contribution in [-0.2, 0) is 9.53 Å². The van der Waals surface area contributed by atoms with E-state index in [9.17, 15) is 14.7 Å². The Hall–Kier alpha value is -1.52. The molecule has 1 heterocycles. The van der Waals surface area contributed by atoms with E-state index in [0.29, 0.717) is 19.4 Å². The van der Waals surface area contributed by atoms with E-state index in [4.69, 9.17) is 4.74 Å². The minimum Gasteiger partial charge on any atom is -0.481 e. The number of carboxylic acid groups (broad SMARTS) is 1. The van der Waals surface area contributed by atoms with E-state index in [2.05, 4.69) is 0 Å². The number of rotatable bonds is 1. The normalized spacial score (nSPS) is 29.8. The van der Waals surface area contributed by atoms with Gasteiger partial charge in [-0.25, -0.2) is 4.79 Å². The number of ether oxygens (including phenoxy) is 1. The van der Waals surface area contributed by atoms with Gasteiger partial charge in [0.15, 0.2) is 0 Å². The van der Waals surface area contributed by atoms with Gasteiger partial charge in [0.2, 0.25) is 0 Å². The Bertz CT molecular complexity index is 438. The summed E-state index contributed by atoms with van der Waals surface area (Å²) in [5.41, 5.74) is -1.42. The fourth-order valence-electron chi connectivity index (χ4n) is 3.21. The lowest BCUT2D eigenvalue weighted by Gasteiger charge is -2.37. The van der Waals surface area contributed by atoms with Crippen LogP contribution in [0.5, 0.6) is 0 Å². The first-order valence-corrected chi connectivity index (χ1v) is 7.14. The number of aliphatic carboxylic acids is 1. The van der Waals surface area contributed by atoms with E-state index in [1.54, 1.807) is 4.90 Å². The highest BCUT2D eigenvalue weighted by atomic mass is 16.6. The molecule has 1 fully saturated rings. The largest absolute Gasteiger partial charge is 0.481 e. The third-order valence-corrected chi connectivity index (χ3v) is 4.12. The molecule has 1 amide bonds. The van der Waals surface area contributed by atoms with Crippen LogP contribution in [0.4, 0.5) is 4.79 Å². The summed E-state index contributed by atoms with van der Waals surface area (Å²) >= 11 is 0. The molecule has 0 bridgehead atoms. The molecule has 1 N–H and O–H groups in total. The van der Waals surface area contributed by atoms with Crippen LogP contribution < -0.4 is 0 Å². The SMILES string of the molecule is CC(C)(C)OC(=O)N1CC=CC[C@@]2(C(=O)O)CCC[C@@H]12. The first-order valence-electron chi connectivity index (χ1n) is 7.14. The molecule has 0 radical (unpaired) electrons. The van der Waals surface area contributed by atoms with Gasteiger partial charge in [-0.3, -0.25) is 4.79 Å². The molecule has 5 heteroatoms. The molecule has 5 nitrogen and oxygen atoms in total. The highest BCUT2D eigenvalue weighted by Crippen LogP contribution is 2.46. The highest BCUT2D eigenvalue weighted by molar-refractivity contribution is 5.78. The maximum absolute atomic E-state index is 12.4. The number of carboxylic acids is 1. The van der Waals surface area contributed by atoms with Crippen molar-refractivity contribution in [2.45, 2.75) is 58.1 Å². The standard InChI is InChI=1S/C15H23NO4/c1-14(2,3)20-13(19)16-10-5-4-8-15(12(17)18)9-6-7-11(15)16/h4-5,11H,6-10H2,1-3H3,(H,17,18)/t11-,15-/m1/s1. The summed E-state index contributed by atoms with van der Waals surface area (Å²) in [5.74, 6) is -0.805. The molecule has 0 aromatic carbocycles. The monoisotopic (exact) mass is 281 g/mol. The molecule has 1 aliphatic carbocycles. The molecule has 1 aliphatic heterocycles. The fourth-order valence-corrected chi connectivity index (χ4v) is 3.21. The van der Waals surface area contributed by atoms with Crippen LogP contribution in [0.3, 0.4) is 0 Å². The highest BCUT2D eigenvalue weighted by Gasteiger charge is 2.53. The van der Waals surface area contributed by atoms with Crippen LogP contribution in [0.15, 0.2) is 12.2 Å². The number of nitrogens with zero attached hydrogens (tertiary/aromatic N) is 1. The summed E-state index contributed by atoms with van der Waals surface area (Å²) in [6.45, 7) is 5.88. The number of hydrogen-bond donors (Lipinski definition) is 1. The fraction of sp³-hybridized carbons (Fsp3) is 0.733. The smallest absolute Gasteiger partial charge is 0.410 e. The van der Waals surface area contributed by atoms with Gasteiger partial charge >= 0.3 is 12.1 Å². The topological polar surface area (TPSA) is 66.8 Å². The molecule has 0 unspecified atom stereocenters. The Morgan fingerprint density at radius 3 is 2.65 bits per heavy atom. The first kappa shape index (κ1) is 14.9.